The van der Waals surface area contributed by atoms with Crippen LogP contribution in [0.4, 0.5) is 0 Å². The summed E-state index contributed by atoms with van der Waals surface area (Å²) in [5, 5.41) is 0. The number of fused-ring (bicyclic) bond motifs is 1. The summed E-state index contributed by atoms with van der Waals surface area (Å²) >= 11 is 0. The maximum absolute atomic E-state index is 4.31. The lowest BCUT2D eigenvalue weighted by Gasteiger charge is -1.95. The molecule has 0 fully saturated rings. The number of aryl methyl sites for hydroxylation is 1. The molecule has 0 aliphatic heterocycles. The molecule has 0 radical (unpaired) electrons. The molecule has 1 heterocycles. The van der Waals surface area contributed by atoms with Gasteiger partial charge in [0.25, 0.3) is 0 Å². The Morgan fingerprint density at radius 2 is 1.75 bits per heavy atom. The maximum atomic E-state index is 4.31. The fourth-order valence-electron chi connectivity index (χ4n) is 1.05. The van der Waals surface area contributed by atoms with E-state index in [2.05, 4.69) is 9.97 Å². The normalized spacial score (nSPS) is 9.42. The van der Waals surface area contributed by atoms with Crippen molar-refractivity contribution in [2.75, 3.05) is 0 Å². The van der Waals surface area contributed by atoms with Crippen LogP contribution in [-0.4, -0.2) is 9.97 Å². The molecule has 1 aromatic heterocycles. The minimum atomic E-state index is 0. The van der Waals surface area contributed by atoms with Crippen molar-refractivity contribution in [3.8, 4) is 0 Å². The van der Waals surface area contributed by atoms with Gasteiger partial charge >= 0.3 is 0 Å². The van der Waals surface area contributed by atoms with E-state index >= 15 is 0 Å². The molecular formula is C10H12N2. The first-order valence-electron chi connectivity index (χ1n) is 3.55. The van der Waals surface area contributed by atoms with Gasteiger partial charge in [0.15, 0.2) is 0 Å². The van der Waals surface area contributed by atoms with E-state index in [1.54, 1.807) is 6.20 Å². The van der Waals surface area contributed by atoms with Gasteiger partial charge in [-0.1, -0.05) is 19.6 Å². The highest BCUT2D eigenvalue weighted by Gasteiger charge is 1.92. The van der Waals surface area contributed by atoms with E-state index in [9.17, 15) is 0 Å². The van der Waals surface area contributed by atoms with Gasteiger partial charge in [-0.3, -0.25) is 4.98 Å². The first kappa shape index (κ1) is 8.65. The molecule has 0 saturated carbocycles. The Morgan fingerprint density at radius 3 is 2.50 bits per heavy atom. The van der Waals surface area contributed by atoms with Crippen molar-refractivity contribution in [2.45, 2.75) is 14.4 Å². The Balaban J connectivity index is 0.000000720. The molecule has 12 heavy (non-hydrogen) atoms. The van der Waals surface area contributed by atoms with Crippen molar-refractivity contribution < 1.29 is 0 Å². The van der Waals surface area contributed by atoms with E-state index in [0.29, 0.717) is 0 Å². The van der Waals surface area contributed by atoms with Gasteiger partial charge in [0.05, 0.1) is 16.7 Å². The van der Waals surface area contributed by atoms with Crippen LogP contribution in [0.15, 0.2) is 30.5 Å². The third kappa shape index (κ3) is 1.42. The molecule has 0 atom stereocenters. The van der Waals surface area contributed by atoms with Crippen LogP contribution in [0.5, 0.6) is 0 Å². The molecule has 0 unspecified atom stereocenters. The lowest BCUT2D eigenvalue weighted by molar-refractivity contribution is 1.19. The Bertz CT molecular complexity index is 382. The highest BCUT2D eigenvalue weighted by molar-refractivity contribution is 5.73. The molecule has 0 spiro atoms. The van der Waals surface area contributed by atoms with Crippen molar-refractivity contribution >= 4 is 11.0 Å². The largest absolute Gasteiger partial charge is 0.253 e. The summed E-state index contributed by atoms with van der Waals surface area (Å²) in [6.45, 7) is 1.94. The van der Waals surface area contributed by atoms with Gasteiger partial charge in [-0.15, -0.1) is 0 Å². The summed E-state index contributed by atoms with van der Waals surface area (Å²) in [5.74, 6) is 0. The molecule has 1 aromatic carbocycles. The van der Waals surface area contributed by atoms with Crippen LogP contribution in [-0.2, 0) is 0 Å². The Morgan fingerprint density at radius 1 is 1.08 bits per heavy atom. The summed E-state index contributed by atoms with van der Waals surface area (Å²) < 4.78 is 0. The zero-order valence-electron chi connectivity index (χ0n) is 6.28. The van der Waals surface area contributed by atoms with Gasteiger partial charge in [-0.05, 0) is 19.1 Å². The number of hydrogen-bond acceptors (Lipinski definition) is 2. The summed E-state index contributed by atoms with van der Waals surface area (Å²) in [5.41, 5.74) is 2.88. The van der Waals surface area contributed by atoms with Crippen LogP contribution < -0.4 is 0 Å². The SMILES string of the molecule is C.Cc1cnc2ccccc2n1. The molecule has 2 aromatic rings. The Kier molecular flexibility index (Phi) is 2.38. The first-order valence-corrected chi connectivity index (χ1v) is 3.55. The van der Waals surface area contributed by atoms with Gasteiger partial charge in [-0.2, -0.15) is 0 Å². The lowest BCUT2D eigenvalue weighted by atomic mass is 10.3. The molecule has 62 valence electrons. The molecule has 0 amide bonds. The Hall–Kier alpha value is -1.44. The van der Waals surface area contributed by atoms with Gasteiger partial charge in [-0.25, -0.2) is 4.98 Å². The molecule has 2 heteroatoms. The highest BCUT2D eigenvalue weighted by Crippen LogP contribution is 2.06. The van der Waals surface area contributed by atoms with Gasteiger partial charge in [0, 0.05) is 6.20 Å². The van der Waals surface area contributed by atoms with E-state index in [1.807, 2.05) is 31.2 Å². The average Bonchev–Trinajstić information content (AvgIpc) is 2.04. The number of aromatic nitrogens is 2. The quantitative estimate of drug-likeness (QED) is 0.592. The second kappa shape index (κ2) is 3.30. The smallest absolute Gasteiger partial charge is 0.0889 e. The molecular weight excluding hydrogens is 148 g/mol. The van der Waals surface area contributed by atoms with Crippen LogP contribution in [0, 0.1) is 6.92 Å². The number of rotatable bonds is 0. The minimum Gasteiger partial charge on any atom is -0.253 e. The second-order valence-electron chi connectivity index (χ2n) is 2.50. The first-order chi connectivity index (χ1) is 5.36. The minimum absolute atomic E-state index is 0. The predicted molar refractivity (Wildman–Crippen MR) is 51.0 cm³/mol. The fraction of sp³-hybridized carbons (Fsp3) is 0.200. The van der Waals surface area contributed by atoms with Gasteiger partial charge in [0.2, 0.25) is 0 Å². The van der Waals surface area contributed by atoms with E-state index in [-0.39, 0.29) is 7.43 Å². The molecule has 0 saturated heterocycles. The topological polar surface area (TPSA) is 25.8 Å². The number of nitrogens with zero attached hydrogens (tertiary/aromatic N) is 2. The van der Waals surface area contributed by atoms with Crippen molar-refractivity contribution in [3.63, 3.8) is 0 Å². The highest BCUT2D eigenvalue weighted by atomic mass is 14.8. The fourth-order valence-corrected chi connectivity index (χ4v) is 1.05. The van der Waals surface area contributed by atoms with Crippen molar-refractivity contribution in [1.82, 2.24) is 9.97 Å². The summed E-state index contributed by atoms with van der Waals surface area (Å²) in [7, 11) is 0. The standard InChI is InChI=1S/C9H8N2.CH4/c1-7-6-10-8-4-2-3-5-9(8)11-7;/h2-6H,1H3;1H4. The molecule has 0 bridgehead atoms. The van der Waals surface area contributed by atoms with Gasteiger partial charge in [0.1, 0.15) is 0 Å². The zero-order chi connectivity index (χ0) is 7.68. The Labute approximate surface area is 72.3 Å². The molecule has 0 N–H and O–H groups in total. The van der Waals surface area contributed by atoms with Crippen LogP contribution in [0.2, 0.25) is 0 Å². The maximum Gasteiger partial charge on any atom is 0.0889 e. The number of para-hydroxylation sites is 2. The van der Waals surface area contributed by atoms with Crippen LogP contribution >= 0.6 is 0 Å². The van der Waals surface area contributed by atoms with E-state index in [4.69, 9.17) is 0 Å². The summed E-state index contributed by atoms with van der Waals surface area (Å²) in [4.78, 5) is 8.53. The summed E-state index contributed by atoms with van der Waals surface area (Å²) in [6, 6.07) is 7.86. The van der Waals surface area contributed by atoms with Crippen LogP contribution in [0.3, 0.4) is 0 Å². The second-order valence-corrected chi connectivity index (χ2v) is 2.50. The zero-order valence-corrected chi connectivity index (χ0v) is 6.28. The third-order valence-corrected chi connectivity index (χ3v) is 1.57. The molecule has 2 nitrogen and oxygen atoms in total. The van der Waals surface area contributed by atoms with E-state index in [1.165, 1.54) is 0 Å². The van der Waals surface area contributed by atoms with Crippen LogP contribution in [0.25, 0.3) is 11.0 Å². The van der Waals surface area contributed by atoms with Gasteiger partial charge < -0.3 is 0 Å². The third-order valence-electron chi connectivity index (χ3n) is 1.57. The summed E-state index contributed by atoms with van der Waals surface area (Å²) in [6.07, 6.45) is 1.78. The molecule has 2 rings (SSSR count). The van der Waals surface area contributed by atoms with E-state index < -0.39 is 0 Å². The predicted octanol–water partition coefficient (Wildman–Crippen LogP) is 2.57. The number of benzene rings is 1. The average molecular weight is 160 g/mol. The lowest BCUT2D eigenvalue weighted by Crippen LogP contribution is -1.85. The van der Waals surface area contributed by atoms with Crippen LogP contribution in [0.1, 0.15) is 13.1 Å². The van der Waals surface area contributed by atoms with E-state index in [0.717, 1.165) is 16.7 Å². The van der Waals surface area contributed by atoms with Crippen molar-refractivity contribution in [3.05, 3.63) is 36.2 Å². The van der Waals surface area contributed by atoms with Crippen molar-refractivity contribution in [2.24, 2.45) is 0 Å². The molecule has 0 aliphatic carbocycles. The van der Waals surface area contributed by atoms with Crippen molar-refractivity contribution in [1.29, 1.82) is 0 Å². The molecule has 0 aliphatic rings. The monoisotopic (exact) mass is 160 g/mol. The number of hydrogen-bond donors (Lipinski definition) is 0.